The van der Waals surface area contributed by atoms with Crippen molar-refractivity contribution in [1.82, 2.24) is 0 Å². The lowest BCUT2D eigenvalue weighted by molar-refractivity contribution is -0.384. The first-order valence-electron chi connectivity index (χ1n) is 6.26. The van der Waals surface area contributed by atoms with Gasteiger partial charge in [0.05, 0.1) is 17.6 Å². The maximum atomic E-state index is 13.0. The monoisotopic (exact) mass is 270 g/mol. The van der Waals surface area contributed by atoms with E-state index in [0.29, 0.717) is 6.54 Å². The molecule has 0 fully saturated rings. The molecule has 5 nitrogen and oxygen atoms in total. The number of rotatable bonds is 7. The van der Waals surface area contributed by atoms with E-state index in [1.807, 2.05) is 13.8 Å². The third-order valence-electron chi connectivity index (χ3n) is 3.65. The molecule has 1 rings (SSSR count). The molecule has 0 aromatic heterocycles. The molecule has 6 heteroatoms. The van der Waals surface area contributed by atoms with E-state index >= 15 is 0 Å². The molecule has 1 aromatic rings. The van der Waals surface area contributed by atoms with Gasteiger partial charge in [0.2, 0.25) is 0 Å². The van der Waals surface area contributed by atoms with Gasteiger partial charge in [-0.15, -0.1) is 0 Å². The topological polar surface area (TPSA) is 75.4 Å². The third kappa shape index (κ3) is 3.64. The lowest BCUT2D eigenvalue weighted by atomic mass is 9.83. The Hall–Kier alpha value is -1.69. The highest BCUT2D eigenvalue weighted by Crippen LogP contribution is 2.29. The molecule has 0 saturated heterocycles. The fourth-order valence-electron chi connectivity index (χ4n) is 1.87. The van der Waals surface area contributed by atoms with Crippen molar-refractivity contribution in [1.29, 1.82) is 0 Å². The van der Waals surface area contributed by atoms with Crippen LogP contribution in [0.25, 0.3) is 0 Å². The van der Waals surface area contributed by atoms with Gasteiger partial charge in [-0.2, -0.15) is 0 Å². The summed E-state index contributed by atoms with van der Waals surface area (Å²) in [5.74, 6) is -0.642. The Morgan fingerprint density at radius 3 is 2.53 bits per heavy atom. The minimum atomic E-state index is -0.642. The van der Waals surface area contributed by atoms with Gasteiger partial charge in [-0.1, -0.05) is 13.8 Å². The highest BCUT2D eigenvalue weighted by molar-refractivity contribution is 5.61. The molecule has 0 aliphatic rings. The molecule has 0 bridgehead atoms. The largest absolute Gasteiger partial charge is 0.396 e. The van der Waals surface area contributed by atoms with Gasteiger partial charge in [0.1, 0.15) is 11.5 Å². The average molecular weight is 270 g/mol. The molecule has 1 aromatic carbocycles. The third-order valence-corrected chi connectivity index (χ3v) is 3.65. The van der Waals surface area contributed by atoms with E-state index < -0.39 is 10.7 Å². The summed E-state index contributed by atoms with van der Waals surface area (Å²) in [5.41, 5.74) is -0.340. The van der Waals surface area contributed by atoms with Gasteiger partial charge in [-0.25, -0.2) is 4.39 Å². The van der Waals surface area contributed by atoms with E-state index in [1.54, 1.807) is 0 Å². The number of hydrogen-bond acceptors (Lipinski definition) is 4. The van der Waals surface area contributed by atoms with Crippen molar-refractivity contribution in [2.45, 2.75) is 26.7 Å². The summed E-state index contributed by atoms with van der Waals surface area (Å²) >= 11 is 0. The minimum absolute atomic E-state index is 0.00198. The zero-order chi connectivity index (χ0) is 14.5. The molecule has 0 spiro atoms. The zero-order valence-corrected chi connectivity index (χ0v) is 11.1. The Kier molecular flexibility index (Phi) is 5.23. The summed E-state index contributed by atoms with van der Waals surface area (Å²) in [7, 11) is 0. The number of hydrogen-bond donors (Lipinski definition) is 2. The summed E-state index contributed by atoms with van der Waals surface area (Å²) in [6.45, 7) is 4.33. The van der Waals surface area contributed by atoms with E-state index in [1.165, 1.54) is 12.1 Å². The fraction of sp³-hybridized carbons (Fsp3) is 0.538. The van der Waals surface area contributed by atoms with Crippen LogP contribution in [-0.4, -0.2) is 23.2 Å². The first-order chi connectivity index (χ1) is 8.98. The maximum Gasteiger partial charge on any atom is 0.295 e. The smallest absolute Gasteiger partial charge is 0.295 e. The summed E-state index contributed by atoms with van der Waals surface area (Å²) in [4.78, 5) is 10.2. The first-order valence-corrected chi connectivity index (χ1v) is 6.26. The molecule has 19 heavy (non-hydrogen) atoms. The lowest BCUT2D eigenvalue weighted by Crippen LogP contribution is -2.32. The van der Waals surface area contributed by atoms with E-state index in [2.05, 4.69) is 5.32 Å². The Morgan fingerprint density at radius 1 is 1.42 bits per heavy atom. The second-order valence-corrected chi connectivity index (χ2v) is 4.64. The van der Waals surface area contributed by atoms with Gasteiger partial charge >= 0.3 is 0 Å². The number of benzene rings is 1. The fourth-order valence-corrected chi connectivity index (χ4v) is 1.87. The van der Waals surface area contributed by atoms with Crippen molar-refractivity contribution < 1.29 is 14.4 Å². The normalized spacial score (nSPS) is 11.4. The maximum absolute atomic E-state index is 13.0. The van der Waals surface area contributed by atoms with Gasteiger partial charge in [-0.3, -0.25) is 10.1 Å². The molecule has 0 amide bonds. The summed E-state index contributed by atoms with van der Waals surface area (Å²) in [6, 6.07) is 3.41. The van der Waals surface area contributed by atoms with Crippen LogP contribution in [0.15, 0.2) is 18.2 Å². The van der Waals surface area contributed by atoms with Gasteiger partial charge in [0.25, 0.3) is 5.69 Å². The zero-order valence-electron chi connectivity index (χ0n) is 11.1. The predicted molar refractivity (Wildman–Crippen MR) is 71.6 cm³/mol. The van der Waals surface area contributed by atoms with E-state index in [9.17, 15) is 19.6 Å². The van der Waals surface area contributed by atoms with Crippen LogP contribution in [0.1, 0.15) is 26.7 Å². The van der Waals surface area contributed by atoms with E-state index in [0.717, 1.165) is 18.9 Å². The molecule has 0 saturated carbocycles. The van der Waals surface area contributed by atoms with Crippen molar-refractivity contribution in [2.75, 3.05) is 18.5 Å². The van der Waals surface area contributed by atoms with Crippen LogP contribution in [0.5, 0.6) is 0 Å². The Balaban J connectivity index is 2.91. The van der Waals surface area contributed by atoms with Crippen molar-refractivity contribution >= 4 is 11.4 Å². The van der Waals surface area contributed by atoms with Crippen molar-refractivity contribution in [3.05, 3.63) is 34.1 Å². The number of anilines is 1. The van der Waals surface area contributed by atoms with Crippen molar-refractivity contribution in [2.24, 2.45) is 5.41 Å². The van der Waals surface area contributed by atoms with E-state index in [4.69, 9.17) is 0 Å². The molecular formula is C13H19FN2O3. The van der Waals surface area contributed by atoms with Crippen LogP contribution >= 0.6 is 0 Å². The number of halogens is 1. The standard InChI is InChI=1S/C13H19FN2O3/c1-3-13(4-2,9-17)8-15-11-6-5-10(14)7-12(11)16(18)19/h5-7,15,17H,3-4,8-9H2,1-2H3. The second-order valence-electron chi connectivity index (χ2n) is 4.64. The lowest BCUT2D eigenvalue weighted by Gasteiger charge is -2.29. The molecule has 106 valence electrons. The summed E-state index contributed by atoms with van der Waals surface area (Å²) in [5, 5.41) is 23.2. The SMILES string of the molecule is CCC(CC)(CO)CNc1ccc(F)cc1[N+](=O)[O-]. The number of aliphatic hydroxyl groups excluding tert-OH is 1. The van der Waals surface area contributed by atoms with Gasteiger partial charge in [-0.05, 0) is 25.0 Å². The van der Waals surface area contributed by atoms with Crippen molar-refractivity contribution in [3.63, 3.8) is 0 Å². The second kappa shape index (κ2) is 6.47. The number of nitrogens with one attached hydrogen (secondary N) is 1. The molecule has 2 N–H and O–H groups in total. The molecule has 0 heterocycles. The highest BCUT2D eigenvalue weighted by atomic mass is 19.1. The van der Waals surface area contributed by atoms with Crippen LogP contribution in [0, 0.1) is 21.3 Å². The van der Waals surface area contributed by atoms with Crippen LogP contribution < -0.4 is 5.32 Å². The average Bonchev–Trinajstić information content (AvgIpc) is 2.42. The predicted octanol–water partition coefficient (Wildman–Crippen LogP) is 2.94. The number of aliphatic hydroxyl groups is 1. The van der Waals surface area contributed by atoms with E-state index in [-0.39, 0.29) is 23.4 Å². The molecule has 0 radical (unpaired) electrons. The molecular weight excluding hydrogens is 251 g/mol. The van der Waals surface area contributed by atoms with Crippen LogP contribution in [-0.2, 0) is 0 Å². The van der Waals surface area contributed by atoms with Crippen molar-refractivity contribution in [3.8, 4) is 0 Å². The van der Waals surface area contributed by atoms with Crippen LogP contribution in [0.2, 0.25) is 0 Å². The van der Waals surface area contributed by atoms with Crippen LogP contribution in [0.3, 0.4) is 0 Å². The van der Waals surface area contributed by atoms with Crippen LogP contribution in [0.4, 0.5) is 15.8 Å². The van der Waals surface area contributed by atoms with Gasteiger partial charge in [0.15, 0.2) is 0 Å². The minimum Gasteiger partial charge on any atom is -0.396 e. The summed E-state index contributed by atoms with van der Waals surface area (Å²) < 4.78 is 13.0. The molecule has 0 unspecified atom stereocenters. The quantitative estimate of drug-likeness (QED) is 0.590. The summed E-state index contributed by atoms with van der Waals surface area (Å²) in [6.07, 6.45) is 1.50. The molecule has 0 atom stereocenters. The first kappa shape index (κ1) is 15.4. The Morgan fingerprint density at radius 2 is 2.05 bits per heavy atom. The van der Waals surface area contributed by atoms with Gasteiger partial charge < -0.3 is 10.4 Å². The molecule has 0 aliphatic heterocycles. The Labute approximate surface area is 111 Å². The Bertz CT molecular complexity index is 439. The number of nitrogens with zero attached hydrogens (tertiary/aromatic N) is 1. The van der Waals surface area contributed by atoms with Gasteiger partial charge in [0, 0.05) is 12.0 Å². The highest BCUT2D eigenvalue weighted by Gasteiger charge is 2.26. The number of nitro benzene ring substituents is 1. The molecule has 0 aliphatic carbocycles. The number of nitro groups is 1.